The maximum absolute atomic E-state index is 12.3. The van der Waals surface area contributed by atoms with Crippen LogP contribution in [0.5, 0.6) is 0 Å². The van der Waals surface area contributed by atoms with Crippen LogP contribution in [0.15, 0.2) is 51.9 Å². The Morgan fingerprint density at radius 2 is 1.93 bits per heavy atom. The molecule has 0 saturated carbocycles. The topological polar surface area (TPSA) is 116 Å². The predicted molar refractivity (Wildman–Crippen MR) is 102 cm³/mol. The third-order valence-corrected chi connectivity index (χ3v) is 5.78. The predicted octanol–water partition coefficient (Wildman–Crippen LogP) is 1.85. The molecule has 4 aromatic rings. The minimum absolute atomic E-state index is 0.154. The van der Waals surface area contributed by atoms with Crippen LogP contribution in [0.25, 0.3) is 22.4 Å². The van der Waals surface area contributed by atoms with Crippen molar-refractivity contribution in [3.8, 4) is 11.4 Å². The molecule has 0 spiro atoms. The molecule has 0 aliphatic heterocycles. The molecule has 0 aliphatic rings. The molecule has 28 heavy (non-hydrogen) atoms. The fourth-order valence-electron chi connectivity index (χ4n) is 2.75. The van der Waals surface area contributed by atoms with Crippen molar-refractivity contribution in [2.75, 3.05) is 6.54 Å². The van der Waals surface area contributed by atoms with E-state index in [1.807, 2.05) is 32.2 Å². The molecule has 2 aromatic heterocycles. The Bertz CT molecular complexity index is 1230. The van der Waals surface area contributed by atoms with Gasteiger partial charge in [0.15, 0.2) is 0 Å². The minimum atomic E-state index is -3.57. The number of aryl methyl sites for hydroxylation is 2. The summed E-state index contributed by atoms with van der Waals surface area (Å²) < 4.78 is 34.0. The van der Waals surface area contributed by atoms with Crippen molar-refractivity contribution in [3.05, 3.63) is 53.9 Å². The highest BCUT2D eigenvalue weighted by molar-refractivity contribution is 7.89. The van der Waals surface area contributed by atoms with Crippen molar-refractivity contribution in [2.24, 2.45) is 7.05 Å². The smallest absolute Gasteiger partial charge is 0.240 e. The second kappa shape index (κ2) is 7.13. The van der Waals surface area contributed by atoms with Crippen LogP contribution >= 0.6 is 0 Å². The van der Waals surface area contributed by atoms with Crippen LogP contribution in [0.1, 0.15) is 11.5 Å². The fourth-order valence-corrected chi connectivity index (χ4v) is 3.78. The van der Waals surface area contributed by atoms with Gasteiger partial charge in [-0.05, 0) is 37.3 Å². The molecule has 0 saturated heterocycles. The SMILES string of the molecule is Cc1ccc(S(=O)(=O)NCCc2nc(-c3ccc4c(c3)nnn4C)no2)cc1. The van der Waals surface area contributed by atoms with Crippen molar-refractivity contribution in [2.45, 2.75) is 18.2 Å². The van der Waals surface area contributed by atoms with Crippen LogP contribution < -0.4 is 4.72 Å². The summed E-state index contributed by atoms with van der Waals surface area (Å²) in [4.78, 5) is 4.55. The van der Waals surface area contributed by atoms with Crippen LogP contribution in [-0.2, 0) is 23.5 Å². The standard InChI is InChI=1S/C18H18N6O3S/c1-12-3-6-14(7-4-12)28(25,26)19-10-9-17-20-18(22-27-17)13-5-8-16-15(11-13)21-23-24(16)2/h3-8,11,19H,9-10H2,1-2H3. The maximum atomic E-state index is 12.3. The van der Waals surface area contributed by atoms with Crippen LogP contribution in [0.2, 0.25) is 0 Å². The van der Waals surface area contributed by atoms with Crippen LogP contribution in [-0.4, -0.2) is 40.1 Å². The van der Waals surface area contributed by atoms with Gasteiger partial charge in [-0.25, -0.2) is 17.8 Å². The van der Waals surface area contributed by atoms with Gasteiger partial charge in [-0.3, -0.25) is 0 Å². The van der Waals surface area contributed by atoms with E-state index < -0.39 is 10.0 Å². The number of hydrogen-bond acceptors (Lipinski definition) is 7. The largest absolute Gasteiger partial charge is 0.339 e. The number of nitrogens with zero attached hydrogens (tertiary/aromatic N) is 5. The maximum Gasteiger partial charge on any atom is 0.240 e. The summed E-state index contributed by atoms with van der Waals surface area (Å²) in [6, 6.07) is 12.2. The molecule has 4 rings (SSSR count). The zero-order valence-electron chi connectivity index (χ0n) is 15.3. The Balaban J connectivity index is 1.42. The summed E-state index contributed by atoms with van der Waals surface area (Å²) in [5.41, 5.74) is 3.38. The first-order chi connectivity index (χ1) is 13.4. The summed E-state index contributed by atoms with van der Waals surface area (Å²) in [7, 11) is -1.75. The zero-order chi connectivity index (χ0) is 19.7. The lowest BCUT2D eigenvalue weighted by Gasteiger charge is -2.05. The van der Waals surface area contributed by atoms with Crippen LogP contribution in [0.3, 0.4) is 0 Å². The summed E-state index contributed by atoms with van der Waals surface area (Å²) in [6.07, 6.45) is 0.283. The lowest BCUT2D eigenvalue weighted by Crippen LogP contribution is -2.26. The summed E-state index contributed by atoms with van der Waals surface area (Å²) in [6.45, 7) is 2.06. The molecular formula is C18H18N6O3S. The van der Waals surface area contributed by atoms with Gasteiger partial charge in [-0.2, -0.15) is 4.98 Å². The van der Waals surface area contributed by atoms with Gasteiger partial charge in [0.2, 0.25) is 21.7 Å². The van der Waals surface area contributed by atoms with Gasteiger partial charge in [-0.15, -0.1) is 5.10 Å². The van der Waals surface area contributed by atoms with Crippen molar-refractivity contribution in [3.63, 3.8) is 0 Å². The normalized spacial score (nSPS) is 11.9. The van der Waals surface area contributed by atoms with Gasteiger partial charge in [0.25, 0.3) is 0 Å². The van der Waals surface area contributed by atoms with E-state index in [1.165, 1.54) is 0 Å². The van der Waals surface area contributed by atoms with Gasteiger partial charge >= 0.3 is 0 Å². The monoisotopic (exact) mass is 398 g/mol. The third-order valence-electron chi connectivity index (χ3n) is 4.30. The Labute approximate surface area is 161 Å². The fraction of sp³-hybridized carbons (Fsp3) is 0.222. The van der Waals surface area contributed by atoms with E-state index in [0.29, 0.717) is 11.7 Å². The van der Waals surface area contributed by atoms with Crippen LogP contribution in [0, 0.1) is 6.92 Å². The van der Waals surface area contributed by atoms with E-state index in [2.05, 4.69) is 25.2 Å². The van der Waals surface area contributed by atoms with Crippen molar-refractivity contribution >= 4 is 21.1 Å². The number of aromatic nitrogens is 5. The van der Waals surface area contributed by atoms with Gasteiger partial charge in [0.05, 0.1) is 10.4 Å². The molecule has 0 aliphatic carbocycles. The molecule has 0 atom stereocenters. The van der Waals surface area contributed by atoms with Gasteiger partial charge in [0.1, 0.15) is 5.52 Å². The number of benzene rings is 2. The van der Waals surface area contributed by atoms with E-state index in [4.69, 9.17) is 4.52 Å². The highest BCUT2D eigenvalue weighted by Gasteiger charge is 2.15. The third kappa shape index (κ3) is 3.64. The number of hydrogen-bond donors (Lipinski definition) is 1. The Kier molecular flexibility index (Phi) is 4.65. The lowest BCUT2D eigenvalue weighted by molar-refractivity contribution is 0.379. The summed E-state index contributed by atoms with van der Waals surface area (Å²) >= 11 is 0. The molecule has 2 aromatic carbocycles. The molecule has 0 unspecified atom stereocenters. The highest BCUT2D eigenvalue weighted by atomic mass is 32.2. The average Bonchev–Trinajstić information content (AvgIpc) is 3.29. The van der Waals surface area contributed by atoms with E-state index in [1.54, 1.807) is 28.9 Å². The van der Waals surface area contributed by atoms with E-state index >= 15 is 0 Å². The molecule has 1 N–H and O–H groups in total. The van der Waals surface area contributed by atoms with E-state index in [0.717, 1.165) is 22.2 Å². The second-order valence-corrected chi connectivity index (χ2v) is 8.16. The van der Waals surface area contributed by atoms with Gasteiger partial charge < -0.3 is 4.52 Å². The number of fused-ring (bicyclic) bond motifs is 1. The number of nitrogens with one attached hydrogen (secondary N) is 1. The van der Waals surface area contributed by atoms with E-state index in [-0.39, 0.29) is 17.9 Å². The summed E-state index contributed by atoms with van der Waals surface area (Å²) in [5.74, 6) is 0.768. The highest BCUT2D eigenvalue weighted by Crippen LogP contribution is 2.20. The number of rotatable bonds is 6. The van der Waals surface area contributed by atoms with Crippen molar-refractivity contribution < 1.29 is 12.9 Å². The molecule has 0 radical (unpaired) electrons. The second-order valence-electron chi connectivity index (χ2n) is 6.39. The average molecular weight is 398 g/mol. The van der Waals surface area contributed by atoms with Gasteiger partial charge in [0, 0.05) is 25.6 Å². The van der Waals surface area contributed by atoms with E-state index in [9.17, 15) is 8.42 Å². The molecule has 2 heterocycles. The van der Waals surface area contributed by atoms with Gasteiger partial charge in [-0.1, -0.05) is 28.1 Å². The van der Waals surface area contributed by atoms with Crippen LogP contribution in [0.4, 0.5) is 0 Å². The quantitative estimate of drug-likeness (QED) is 0.527. The molecule has 0 amide bonds. The number of sulfonamides is 1. The molecule has 144 valence electrons. The van der Waals surface area contributed by atoms with Crippen molar-refractivity contribution in [1.82, 2.24) is 29.9 Å². The lowest BCUT2D eigenvalue weighted by atomic mass is 10.2. The minimum Gasteiger partial charge on any atom is -0.339 e. The molecule has 9 nitrogen and oxygen atoms in total. The first-order valence-electron chi connectivity index (χ1n) is 8.61. The first kappa shape index (κ1) is 18.3. The zero-order valence-corrected chi connectivity index (χ0v) is 16.1. The van der Waals surface area contributed by atoms with Crippen molar-refractivity contribution in [1.29, 1.82) is 0 Å². The molecule has 0 fully saturated rings. The molecule has 10 heteroatoms. The molecular weight excluding hydrogens is 380 g/mol. The Hall–Kier alpha value is -3.11. The first-order valence-corrected chi connectivity index (χ1v) is 10.1. The Morgan fingerprint density at radius 3 is 2.71 bits per heavy atom. The summed E-state index contributed by atoms with van der Waals surface area (Å²) in [5, 5.41) is 12.0. The molecule has 0 bridgehead atoms. The Morgan fingerprint density at radius 1 is 1.14 bits per heavy atom.